The molecule has 0 saturated carbocycles. The summed E-state index contributed by atoms with van der Waals surface area (Å²) in [5, 5.41) is 3.81. The number of hydrogen-bond acceptors (Lipinski definition) is 2. The van der Waals surface area contributed by atoms with Crippen molar-refractivity contribution in [3.8, 4) is 5.75 Å². The predicted octanol–water partition coefficient (Wildman–Crippen LogP) is 6.40. The molecule has 5 rings (SSSR count). The van der Waals surface area contributed by atoms with Crippen molar-refractivity contribution < 1.29 is 4.74 Å². The minimum absolute atomic E-state index is 0.351. The van der Waals surface area contributed by atoms with Crippen molar-refractivity contribution in [2.45, 2.75) is 31.9 Å². The highest BCUT2D eigenvalue weighted by Crippen LogP contribution is 2.50. The fourth-order valence-electron chi connectivity index (χ4n) is 4.51. The topological polar surface area (TPSA) is 21.3 Å². The summed E-state index contributed by atoms with van der Waals surface area (Å²) in [4.78, 5) is 0. The summed E-state index contributed by atoms with van der Waals surface area (Å²) in [7, 11) is 0. The van der Waals surface area contributed by atoms with E-state index in [1.54, 1.807) is 0 Å². The van der Waals surface area contributed by atoms with Gasteiger partial charge in [0.05, 0.1) is 6.04 Å². The van der Waals surface area contributed by atoms with Gasteiger partial charge in [0.25, 0.3) is 0 Å². The first-order chi connectivity index (χ1) is 13.8. The van der Waals surface area contributed by atoms with Crippen LogP contribution in [0.15, 0.2) is 84.9 Å². The highest BCUT2D eigenvalue weighted by Gasteiger charge is 2.37. The molecule has 1 heterocycles. The smallest absolute Gasteiger partial charge is 0.120 e. The third-order valence-electron chi connectivity index (χ3n) is 6.02. The maximum atomic E-state index is 6.08. The molecule has 140 valence electrons. The lowest BCUT2D eigenvalue weighted by atomic mass is 9.77. The fraction of sp³-hybridized carbons (Fsp3) is 0.231. The number of hydrogen-bond donors (Lipinski definition) is 1. The van der Waals surface area contributed by atoms with E-state index in [0.717, 1.165) is 12.2 Å². The lowest BCUT2D eigenvalue weighted by molar-refractivity contribution is 0.305. The number of nitrogens with one attached hydrogen (secondary N) is 1. The number of allylic oxidation sites excluding steroid dienone is 2. The lowest BCUT2D eigenvalue weighted by Gasteiger charge is -2.37. The van der Waals surface area contributed by atoms with Crippen LogP contribution in [0.25, 0.3) is 0 Å². The number of aryl methyl sites for hydroxylation is 1. The molecule has 0 fully saturated rings. The second-order valence-electron chi connectivity index (χ2n) is 7.91. The Morgan fingerprint density at radius 3 is 2.61 bits per heavy atom. The summed E-state index contributed by atoms with van der Waals surface area (Å²) in [6, 6.07) is 26.1. The van der Waals surface area contributed by atoms with Crippen molar-refractivity contribution in [1.29, 1.82) is 0 Å². The van der Waals surface area contributed by atoms with Gasteiger partial charge in [0.1, 0.15) is 12.4 Å². The summed E-state index contributed by atoms with van der Waals surface area (Å²) < 4.78 is 6.08. The van der Waals surface area contributed by atoms with Gasteiger partial charge in [-0.3, -0.25) is 0 Å². The zero-order chi connectivity index (χ0) is 18.9. The van der Waals surface area contributed by atoms with Gasteiger partial charge in [-0.05, 0) is 54.2 Å². The van der Waals surface area contributed by atoms with Crippen molar-refractivity contribution in [1.82, 2.24) is 0 Å². The molecule has 2 heteroatoms. The molecule has 2 aliphatic rings. The molecule has 3 aromatic carbocycles. The number of fused-ring (bicyclic) bond motifs is 3. The van der Waals surface area contributed by atoms with E-state index in [1.807, 2.05) is 6.07 Å². The Morgan fingerprint density at radius 1 is 0.964 bits per heavy atom. The Balaban J connectivity index is 1.41. The van der Waals surface area contributed by atoms with Gasteiger partial charge in [-0.15, -0.1) is 0 Å². The van der Waals surface area contributed by atoms with Crippen LogP contribution in [0.5, 0.6) is 5.75 Å². The van der Waals surface area contributed by atoms with Gasteiger partial charge >= 0.3 is 0 Å². The molecule has 3 aromatic rings. The Morgan fingerprint density at radius 2 is 1.79 bits per heavy atom. The monoisotopic (exact) mass is 367 g/mol. The Kier molecular flexibility index (Phi) is 4.40. The fourth-order valence-corrected chi connectivity index (χ4v) is 4.51. The quantitative estimate of drug-likeness (QED) is 0.539. The van der Waals surface area contributed by atoms with E-state index in [2.05, 4.69) is 91.1 Å². The molecular formula is C26H25NO. The van der Waals surface area contributed by atoms with Crippen LogP contribution in [0.1, 0.15) is 40.6 Å². The Hall–Kier alpha value is -3.00. The largest absolute Gasteiger partial charge is 0.489 e. The molecule has 28 heavy (non-hydrogen) atoms. The second-order valence-corrected chi connectivity index (χ2v) is 7.91. The number of anilines is 1. The molecule has 3 atom stereocenters. The van der Waals surface area contributed by atoms with E-state index in [0.29, 0.717) is 24.5 Å². The van der Waals surface area contributed by atoms with Gasteiger partial charge in [-0.2, -0.15) is 0 Å². The molecule has 0 aromatic heterocycles. The van der Waals surface area contributed by atoms with E-state index in [1.165, 1.54) is 27.9 Å². The molecule has 0 saturated heterocycles. The first-order valence-corrected chi connectivity index (χ1v) is 10.1. The van der Waals surface area contributed by atoms with Crippen LogP contribution in [0.4, 0.5) is 5.69 Å². The van der Waals surface area contributed by atoms with E-state index in [9.17, 15) is 0 Å². The standard InChI is InChI=1S/C26H25NO/c1-18-10-12-20(13-11-18)26-23-9-5-8-22(23)24-16-21(14-15-25(24)27-26)28-17-19-6-3-2-4-7-19/h2-8,10-16,22-23,26-27H,9,17H2,1H3. The average molecular weight is 367 g/mol. The predicted molar refractivity (Wildman–Crippen MR) is 115 cm³/mol. The van der Waals surface area contributed by atoms with E-state index in [4.69, 9.17) is 4.74 Å². The van der Waals surface area contributed by atoms with Crippen LogP contribution in [-0.2, 0) is 6.61 Å². The summed E-state index contributed by atoms with van der Waals surface area (Å²) >= 11 is 0. The van der Waals surface area contributed by atoms with Gasteiger partial charge in [0.2, 0.25) is 0 Å². The molecule has 0 amide bonds. The zero-order valence-corrected chi connectivity index (χ0v) is 16.1. The molecule has 3 unspecified atom stereocenters. The van der Waals surface area contributed by atoms with Gasteiger partial charge in [-0.1, -0.05) is 72.3 Å². The van der Waals surface area contributed by atoms with Crippen LogP contribution in [0, 0.1) is 12.8 Å². The van der Waals surface area contributed by atoms with Gasteiger partial charge in [-0.25, -0.2) is 0 Å². The van der Waals surface area contributed by atoms with Crippen LogP contribution in [-0.4, -0.2) is 0 Å². The maximum absolute atomic E-state index is 6.08. The third-order valence-corrected chi connectivity index (χ3v) is 6.02. The SMILES string of the molecule is Cc1ccc(C2Nc3ccc(OCc4ccccc4)cc3C3C=CCC32)cc1. The summed E-state index contributed by atoms with van der Waals surface area (Å²) in [6.07, 6.45) is 5.84. The van der Waals surface area contributed by atoms with Crippen molar-refractivity contribution in [2.75, 3.05) is 5.32 Å². The maximum Gasteiger partial charge on any atom is 0.120 e. The Labute approximate surface area is 166 Å². The molecule has 1 aliphatic heterocycles. The third kappa shape index (κ3) is 3.20. The molecule has 2 nitrogen and oxygen atoms in total. The van der Waals surface area contributed by atoms with Gasteiger partial charge in [0, 0.05) is 11.6 Å². The molecule has 1 aliphatic carbocycles. The minimum Gasteiger partial charge on any atom is -0.489 e. The highest BCUT2D eigenvalue weighted by atomic mass is 16.5. The number of ether oxygens (including phenoxy) is 1. The Bertz CT molecular complexity index is 991. The first-order valence-electron chi connectivity index (χ1n) is 10.1. The summed E-state index contributed by atoms with van der Waals surface area (Å²) in [6.45, 7) is 2.74. The van der Waals surface area contributed by atoms with Crippen LogP contribution < -0.4 is 10.1 Å². The van der Waals surface area contributed by atoms with E-state index < -0.39 is 0 Å². The van der Waals surface area contributed by atoms with Gasteiger partial charge in [0.15, 0.2) is 0 Å². The molecule has 1 N–H and O–H groups in total. The van der Waals surface area contributed by atoms with E-state index in [-0.39, 0.29) is 0 Å². The van der Waals surface area contributed by atoms with E-state index >= 15 is 0 Å². The number of benzene rings is 3. The highest BCUT2D eigenvalue weighted by molar-refractivity contribution is 5.61. The van der Waals surface area contributed by atoms with Crippen LogP contribution >= 0.6 is 0 Å². The van der Waals surface area contributed by atoms with Crippen molar-refractivity contribution in [3.05, 3.63) is 107 Å². The summed E-state index contributed by atoms with van der Waals surface area (Å²) in [5.74, 6) is 1.94. The normalized spacial score (nSPS) is 22.2. The van der Waals surface area contributed by atoms with Crippen molar-refractivity contribution in [3.63, 3.8) is 0 Å². The molecule has 0 radical (unpaired) electrons. The minimum atomic E-state index is 0.351. The molecule has 0 bridgehead atoms. The number of rotatable bonds is 4. The lowest BCUT2D eigenvalue weighted by Crippen LogP contribution is -2.29. The first kappa shape index (κ1) is 17.1. The summed E-state index contributed by atoms with van der Waals surface area (Å²) in [5.41, 5.74) is 6.45. The van der Waals surface area contributed by atoms with Crippen molar-refractivity contribution >= 4 is 5.69 Å². The molecule has 0 spiro atoms. The van der Waals surface area contributed by atoms with Crippen molar-refractivity contribution in [2.24, 2.45) is 5.92 Å². The second kappa shape index (κ2) is 7.20. The average Bonchev–Trinajstić information content (AvgIpc) is 3.23. The zero-order valence-electron chi connectivity index (χ0n) is 16.1. The van der Waals surface area contributed by atoms with Crippen LogP contribution in [0.3, 0.4) is 0 Å². The van der Waals surface area contributed by atoms with Crippen LogP contribution in [0.2, 0.25) is 0 Å². The van der Waals surface area contributed by atoms with Gasteiger partial charge < -0.3 is 10.1 Å². The molecular weight excluding hydrogens is 342 g/mol.